The third-order valence-corrected chi connectivity index (χ3v) is 8.88. The Kier molecular flexibility index (Phi) is 12.2. The lowest BCUT2D eigenvalue weighted by Crippen LogP contribution is -2.45. The highest BCUT2D eigenvalue weighted by Crippen LogP contribution is 2.39. The van der Waals surface area contributed by atoms with E-state index >= 15 is 0 Å². The van der Waals surface area contributed by atoms with Crippen LogP contribution in [0.5, 0.6) is 0 Å². The van der Waals surface area contributed by atoms with Gasteiger partial charge in [0.05, 0.1) is 18.8 Å². The molecule has 2 heterocycles. The molecule has 4 atom stereocenters. The molecule has 0 saturated carbocycles. The van der Waals surface area contributed by atoms with E-state index in [1.54, 1.807) is 0 Å². The molecule has 10 nitrogen and oxygen atoms in total. The van der Waals surface area contributed by atoms with Crippen LogP contribution in [0.1, 0.15) is 93.9 Å². The number of hydrogen-bond acceptors (Lipinski definition) is 8. The quantitative estimate of drug-likeness (QED) is 0.185. The molecule has 0 bridgehead atoms. The Bertz CT molecular complexity index is 1570. The summed E-state index contributed by atoms with van der Waals surface area (Å²) in [6.45, 7) is 7.33. The summed E-state index contributed by atoms with van der Waals surface area (Å²) in [5, 5.41) is 21.3. The molecule has 3 N–H and O–H groups in total. The van der Waals surface area contributed by atoms with E-state index in [0.29, 0.717) is 25.9 Å². The molecule has 262 valence electrons. The van der Waals surface area contributed by atoms with Gasteiger partial charge in [-0.2, -0.15) is 0 Å². The largest absolute Gasteiger partial charge is 0.481 e. The number of carbonyl (C=O) groups is 3. The van der Waals surface area contributed by atoms with Crippen LogP contribution < -0.4 is 5.32 Å². The number of aliphatic hydroxyl groups excluding tert-OH is 1. The molecule has 1 amide bonds. The fraction of sp³-hybridized carbons (Fsp3) is 0.462. The molecule has 2 aliphatic heterocycles. The lowest BCUT2D eigenvalue weighted by atomic mass is 9.97. The van der Waals surface area contributed by atoms with Gasteiger partial charge in [0.15, 0.2) is 6.29 Å². The Morgan fingerprint density at radius 1 is 0.939 bits per heavy atom. The first-order valence-electron chi connectivity index (χ1n) is 17.1. The summed E-state index contributed by atoms with van der Waals surface area (Å²) in [6, 6.07) is 23.4. The maximum atomic E-state index is 13.1. The van der Waals surface area contributed by atoms with E-state index in [2.05, 4.69) is 10.2 Å². The zero-order chi connectivity index (χ0) is 35.0. The van der Waals surface area contributed by atoms with E-state index in [-0.39, 0.29) is 49.6 Å². The number of amides is 1. The standard InChI is InChI=1S/C39H48N2O8/c1-39(2,3)49-37(46)33-10-7-21-41(33)24-31-22-34(28-15-13-26(25-42)14-16-28)48-38(47-31)29-19-17-27(18-20-29)32-9-5-4-8-30(32)23-40-35(43)11-6-12-36(44)45/h4-5,8-9,13-20,31,33-34,38,42H,6-7,10-12,21-25H2,1-3H3,(H,40,43)(H,44,45). The molecule has 2 fully saturated rings. The second kappa shape index (κ2) is 16.5. The lowest BCUT2D eigenvalue weighted by Gasteiger charge is -2.38. The van der Waals surface area contributed by atoms with Crippen molar-refractivity contribution in [2.75, 3.05) is 13.1 Å². The summed E-state index contributed by atoms with van der Waals surface area (Å²) < 4.78 is 18.9. The van der Waals surface area contributed by atoms with Crippen molar-refractivity contribution >= 4 is 17.8 Å². The van der Waals surface area contributed by atoms with Crippen molar-refractivity contribution in [3.63, 3.8) is 0 Å². The number of aliphatic hydroxyl groups is 1. The molecule has 0 radical (unpaired) electrons. The third-order valence-electron chi connectivity index (χ3n) is 8.88. The van der Waals surface area contributed by atoms with Crippen LogP contribution in [0.2, 0.25) is 0 Å². The average molecular weight is 673 g/mol. The molecule has 0 spiro atoms. The van der Waals surface area contributed by atoms with Gasteiger partial charge in [0, 0.05) is 37.9 Å². The molecule has 2 saturated heterocycles. The summed E-state index contributed by atoms with van der Waals surface area (Å²) in [4.78, 5) is 38.3. The van der Waals surface area contributed by atoms with Crippen LogP contribution >= 0.6 is 0 Å². The van der Waals surface area contributed by atoms with E-state index in [9.17, 15) is 19.5 Å². The van der Waals surface area contributed by atoms with Crippen LogP contribution in [0.25, 0.3) is 11.1 Å². The van der Waals surface area contributed by atoms with Gasteiger partial charge < -0.3 is 29.7 Å². The van der Waals surface area contributed by atoms with Gasteiger partial charge in [0.1, 0.15) is 11.6 Å². The first-order valence-corrected chi connectivity index (χ1v) is 17.1. The lowest BCUT2D eigenvalue weighted by molar-refractivity contribution is -0.253. The van der Waals surface area contributed by atoms with E-state index < -0.39 is 17.9 Å². The normalized spacial score (nSPS) is 21.3. The van der Waals surface area contributed by atoms with Gasteiger partial charge in [-0.1, -0.05) is 72.8 Å². The van der Waals surface area contributed by atoms with E-state index in [1.165, 1.54) is 0 Å². The minimum Gasteiger partial charge on any atom is -0.481 e. The predicted molar refractivity (Wildman–Crippen MR) is 184 cm³/mol. The molecular formula is C39H48N2O8. The number of rotatable bonds is 13. The van der Waals surface area contributed by atoms with Gasteiger partial charge >= 0.3 is 11.9 Å². The molecule has 3 aromatic rings. The Hall–Kier alpha value is -4.09. The van der Waals surface area contributed by atoms with Crippen LogP contribution in [0, 0.1) is 0 Å². The van der Waals surface area contributed by atoms with Gasteiger partial charge in [0.25, 0.3) is 0 Å². The Morgan fingerprint density at radius 3 is 2.35 bits per heavy atom. The van der Waals surface area contributed by atoms with E-state index in [1.807, 2.05) is 93.6 Å². The van der Waals surface area contributed by atoms with E-state index in [4.69, 9.17) is 19.3 Å². The van der Waals surface area contributed by atoms with Crippen molar-refractivity contribution in [1.82, 2.24) is 10.2 Å². The molecular weight excluding hydrogens is 624 g/mol. The smallest absolute Gasteiger partial charge is 0.323 e. The van der Waals surface area contributed by atoms with Gasteiger partial charge in [-0.15, -0.1) is 0 Å². The summed E-state index contributed by atoms with van der Waals surface area (Å²) in [5.74, 6) is -1.29. The minimum absolute atomic E-state index is 0.0319. The van der Waals surface area contributed by atoms with Crippen LogP contribution in [-0.2, 0) is 41.7 Å². The van der Waals surface area contributed by atoms with Crippen LogP contribution in [0.3, 0.4) is 0 Å². The zero-order valence-electron chi connectivity index (χ0n) is 28.6. The molecule has 2 aliphatic rings. The SMILES string of the molecule is CC(C)(C)OC(=O)C1CCCN1CC1CC(c2ccc(CO)cc2)OC(c2ccc(-c3ccccc3CNC(=O)CCCC(=O)O)cc2)O1. The number of benzene rings is 3. The van der Waals surface area contributed by atoms with Crippen LogP contribution in [-0.4, -0.2) is 63.8 Å². The molecule has 10 heteroatoms. The van der Waals surface area contributed by atoms with Crippen molar-refractivity contribution in [3.8, 4) is 11.1 Å². The number of nitrogens with zero attached hydrogens (tertiary/aromatic N) is 1. The highest BCUT2D eigenvalue weighted by Gasteiger charge is 2.39. The van der Waals surface area contributed by atoms with Gasteiger partial charge in [-0.3, -0.25) is 19.3 Å². The van der Waals surface area contributed by atoms with Crippen molar-refractivity contribution in [2.45, 2.75) is 103 Å². The second-order valence-corrected chi connectivity index (χ2v) is 13.8. The van der Waals surface area contributed by atoms with E-state index in [0.717, 1.165) is 52.8 Å². The van der Waals surface area contributed by atoms with Crippen LogP contribution in [0.15, 0.2) is 72.8 Å². The number of ether oxygens (including phenoxy) is 3. The zero-order valence-corrected chi connectivity index (χ0v) is 28.6. The van der Waals surface area contributed by atoms with Crippen molar-refractivity contribution in [1.29, 1.82) is 0 Å². The fourth-order valence-electron chi connectivity index (χ4n) is 6.43. The first kappa shape index (κ1) is 36.2. The number of carbonyl (C=O) groups excluding carboxylic acids is 2. The molecule has 49 heavy (non-hydrogen) atoms. The van der Waals surface area contributed by atoms with Crippen molar-refractivity contribution < 1.29 is 38.8 Å². The number of esters is 1. The monoisotopic (exact) mass is 672 g/mol. The predicted octanol–water partition coefficient (Wildman–Crippen LogP) is 6.07. The maximum absolute atomic E-state index is 13.1. The molecule has 3 aromatic carbocycles. The minimum atomic E-state index is -0.910. The number of hydrogen-bond donors (Lipinski definition) is 3. The molecule has 4 unspecified atom stereocenters. The number of carboxylic acids is 1. The highest BCUT2D eigenvalue weighted by atomic mass is 16.7. The Balaban J connectivity index is 1.31. The number of aliphatic carboxylic acids is 1. The summed E-state index contributed by atoms with van der Waals surface area (Å²) in [5.41, 5.74) is 5.03. The van der Waals surface area contributed by atoms with Crippen molar-refractivity contribution in [2.24, 2.45) is 0 Å². The number of carboxylic acid groups (broad SMARTS) is 1. The highest BCUT2D eigenvalue weighted by molar-refractivity contribution is 5.77. The summed E-state index contributed by atoms with van der Waals surface area (Å²) in [6.07, 6.45) is 1.61. The Labute approximate surface area is 288 Å². The fourth-order valence-corrected chi connectivity index (χ4v) is 6.43. The Morgan fingerprint density at radius 2 is 1.65 bits per heavy atom. The number of nitrogens with one attached hydrogen (secondary N) is 1. The molecule has 0 aromatic heterocycles. The van der Waals surface area contributed by atoms with Gasteiger partial charge in [0.2, 0.25) is 5.91 Å². The summed E-state index contributed by atoms with van der Waals surface area (Å²) >= 11 is 0. The summed E-state index contributed by atoms with van der Waals surface area (Å²) in [7, 11) is 0. The first-order chi connectivity index (χ1) is 23.5. The topological polar surface area (TPSA) is 135 Å². The second-order valence-electron chi connectivity index (χ2n) is 13.8. The molecule has 0 aliphatic carbocycles. The third kappa shape index (κ3) is 10.2. The maximum Gasteiger partial charge on any atom is 0.323 e. The van der Waals surface area contributed by atoms with Crippen molar-refractivity contribution in [3.05, 3.63) is 95.1 Å². The average Bonchev–Trinajstić information content (AvgIpc) is 3.55. The number of likely N-dealkylation sites (tertiary alicyclic amines) is 1. The van der Waals surface area contributed by atoms with Gasteiger partial charge in [-0.05, 0) is 74.4 Å². The van der Waals surface area contributed by atoms with Gasteiger partial charge in [-0.25, -0.2) is 0 Å². The molecule has 5 rings (SSSR count). The van der Waals surface area contributed by atoms with Crippen LogP contribution in [0.4, 0.5) is 0 Å².